The molecule has 0 aliphatic rings. The van der Waals surface area contributed by atoms with E-state index in [1.807, 2.05) is 0 Å². The van der Waals surface area contributed by atoms with Crippen molar-refractivity contribution >= 4 is 11.8 Å². The Kier molecular flexibility index (Phi) is 23.0. The molecule has 0 saturated carbocycles. The first-order valence-electron chi connectivity index (χ1n) is 10.8. The number of carbonyl (C=O) groups excluding carboxylic acids is 1. The summed E-state index contributed by atoms with van der Waals surface area (Å²) in [7, 11) is 0. The minimum absolute atomic E-state index is 0. The van der Waals surface area contributed by atoms with Gasteiger partial charge in [-0.2, -0.15) is 0 Å². The van der Waals surface area contributed by atoms with Crippen molar-refractivity contribution in [3.8, 4) is 0 Å². The number of unbranched alkanes of at least 4 members (excludes halogenated alkanes) is 11. The third kappa shape index (κ3) is 19.1. The Labute approximate surface area is 195 Å². The third-order valence-electron chi connectivity index (χ3n) is 4.85. The van der Waals surface area contributed by atoms with E-state index in [1.54, 1.807) is 0 Å². The number of hydrogen-bond acceptors (Lipinski definition) is 4. The van der Waals surface area contributed by atoms with Gasteiger partial charge >= 0.3 is 35.5 Å². The maximum atomic E-state index is 11.7. The number of Topliss-reactive ketones (excluding diaryl/α,β-unsaturated/α-hetero) is 1. The average molecular weight is 408 g/mol. The molecule has 4 N–H and O–H groups in total. The van der Waals surface area contributed by atoms with Crippen LogP contribution in [0.25, 0.3) is 0 Å². The molecule has 0 saturated heterocycles. The molecule has 160 valence electrons. The van der Waals surface area contributed by atoms with Crippen molar-refractivity contribution in [3.05, 3.63) is 12.2 Å². The fraction of sp³-hybridized carbons (Fsp3) is 0.818. The van der Waals surface area contributed by atoms with Gasteiger partial charge in [0.1, 0.15) is 11.8 Å². The second-order valence-electron chi connectivity index (χ2n) is 7.51. The standard InChI is InChI=1S/C22H41NO4.Na.H/c1-2-3-4-5-6-7-8-9-10-11-12-13-14-15-16-17-19(24)18-20(25)21(23)22(26)27;;/h9-10,20-21,25H,2-8,11-18,23H2,1H3,(H,26,27);;/q;+1;-1/b10-9-;;/t20-,21+;;/m1../s1. The van der Waals surface area contributed by atoms with Gasteiger partial charge in [-0.25, -0.2) is 0 Å². The summed E-state index contributed by atoms with van der Waals surface area (Å²) >= 11 is 0. The molecule has 0 amide bonds. The molecular formula is C22H42NNaO4. The molecule has 0 unspecified atom stereocenters. The summed E-state index contributed by atoms with van der Waals surface area (Å²) in [5.74, 6) is -1.40. The second kappa shape index (κ2) is 21.5. The van der Waals surface area contributed by atoms with Gasteiger partial charge in [-0.1, -0.05) is 70.4 Å². The molecule has 0 spiro atoms. The average Bonchev–Trinajstić information content (AvgIpc) is 2.64. The quantitative estimate of drug-likeness (QED) is 0.172. The van der Waals surface area contributed by atoms with Crippen LogP contribution in [0.15, 0.2) is 12.2 Å². The first-order valence-corrected chi connectivity index (χ1v) is 10.8. The third-order valence-corrected chi connectivity index (χ3v) is 4.85. The van der Waals surface area contributed by atoms with E-state index >= 15 is 0 Å². The number of carbonyl (C=O) groups is 2. The summed E-state index contributed by atoms with van der Waals surface area (Å²) < 4.78 is 0. The molecule has 0 aromatic heterocycles. The molecule has 6 heteroatoms. The van der Waals surface area contributed by atoms with Gasteiger partial charge in [-0.05, 0) is 32.1 Å². The van der Waals surface area contributed by atoms with Crippen LogP contribution in [0.2, 0.25) is 0 Å². The Morgan fingerprint density at radius 3 is 1.86 bits per heavy atom. The summed E-state index contributed by atoms with van der Waals surface area (Å²) in [6.45, 7) is 2.24. The normalized spacial score (nSPS) is 13.2. The van der Waals surface area contributed by atoms with Crippen LogP contribution in [0.4, 0.5) is 0 Å². The fourth-order valence-electron chi connectivity index (χ4n) is 3.02. The molecule has 0 heterocycles. The molecule has 0 radical (unpaired) electrons. The number of aliphatic hydroxyl groups is 1. The summed E-state index contributed by atoms with van der Waals surface area (Å²) in [6.07, 6.45) is 19.2. The first kappa shape index (κ1) is 30.0. The Morgan fingerprint density at radius 2 is 1.36 bits per heavy atom. The second-order valence-corrected chi connectivity index (χ2v) is 7.51. The van der Waals surface area contributed by atoms with Crippen LogP contribution in [0.3, 0.4) is 0 Å². The zero-order valence-electron chi connectivity index (χ0n) is 19.2. The molecule has 0 fully saturated rings. The van der Waals surface area contributed by atoms with Crippen molar-refractivity contribution in [2.75, 3.05) is 0 Å². The molecule has 0 aliphatic heterocycles. The predicted octanol–water partition coefficient (Wildman–Crippen LogP) is 1.87. The number of carboxylic acids is 1. The zero-order valence-corrected chi connectivity index (χ0v) is 20.2. The van der Waals surface area contributed by atoms with E-state index in [0.29, 0.717) is 6.42 Å². The van der Waals surface area contributed by atoms with Crippen molar-refractivity contribution in [1.82, 2.24) is 0 Å². The van der Waals surface area contributed by atoms with Crippen molar-refractivity contribution in [2.24, 2.45) is 5.73 Å². The minimum Gasteiger partial charge on any atom is -1.00 e. The van der Waals surface area contributed by atoms with E-state index in [9.17, 15) is 14.7 Å². The molecule has 0 aromatic carbocycles. The number of carboxylic acid groups (broad SMARTS) is 1. The van der Waals surface area contributed by atoms with E-state index in [1.165, 1.54) is 57.8 Å². The summed E-state index contributed by atoms with van der Waals surface area (Å²) in [5, 5.41) is 18.2. The van der Waals surface area contributed by atoms with E-state index in [2.05, 4.69) is 19.1 Å². The van der Waals surface area contributed by atoms with Gasteiger partial charge in [0.05, 0.1) is 6.10 Å². The van der Waals surface area contributed by atoms with Crippen LogP contribution in [0.1, 0.15) is 105 Å². The summed E-state index contributed by atoms with van der Waals surface area (Å²) in [5.41, 5.74) is 5.29. The van der Waals surface area contributed by atoms with E-state index in [4.69, 9.17) is 10.8 Å². The van der Waals surface area contributed by atoms with E-state index in [0.717, 1.165) is 25.7 Å². The number of allylic oxidation sites excluding steroid dienone is 2. The van der Waals surface area contributed by atoms with E-state index < -0.39 is 18.1 Å². The maximum Gasteiger partial charge on any atom is 1.00 e. The number of aliphatic carboxylic acids is 1. The molecule has 28 heavy (non-hydrogen) atoms. The number of hydrogen-bond donors (Lipinski definition) is 3. The van der Waals surface area contributed by atoms with Gasteiger partial charge in [0.25, 0.3) is 0 Å². The Bertz CT molecular complexity index is 422. The van der Waals surface area contributed by atoms with Gasteiger partial charge in [-0.3, -0.25) is 9.59 Å². The van der Waals surface area contributed by atoms with Gasteiger partial charge < -0.3 is 17.4 Å². The monoisotopic (exact) mass is 407 g/mol. The molecule has 0 aromatic rings. The molecule has 0 bridgehead atoms. The molecular weight excluding hydrogens is 365 g/mol. The van der Waals surface area contributed by atoms with Crippen molar-refractivity contribution in [3.63, 3.8) is 0 Å². The van der Waals surface area contributed by atoms with E-state index in [-0.39, 0.29) is 43.2 Å². The van der Waals surface area contributed by atoms with Crippen LogP contribution in [-0.4, -0.2) is 34.1 Å². The number of aliphatic hydroxyl groups excluding tert-OH is 1. The van der Waals surface area contributed by atoms with Crippen LogP contribution in [0, 0.1) is 0 Å². The van der Waals surface area contributed by atoms with Crippen molar-refractivity contribution < 1.29 is 50.8 Å². The van der Waals surface area contributed by atoms with Crippen LogP contribution in [-0.2, 0) is 9.59 Å². The number of nitrogens with two attached hydrogens (primary N) is 1. The molecule has 0 rings (SSSR count). The largest absolute Gasteiger partial charge is 1.00 e. The van der Waals surface area contributed by atoms with Crippen LogP contribution >= 0.6 is 0 Å². The van der Waals surface area contributed by atoms with Crippen molar-refractivity contribution in [2.45, 2.75) is 115 Å². The van der Waals surface area contributed by atoms with Gasteiger partial charge in [0.15, 0.2) is 0 Å². The fourth-order valence-corrected chi connectivity index (χ4v) is 3.02. The topological polar surface area (TPSA) is 101 Å². The zero-order chi connectivity index (χ0) is 20.3. The Balaban J connectivity index is -0.00000338. The maximum absolute atomic E-state index is 11.7. The predicted molar refractivity (Wildman–Crippen MR) is 112 cm³/mol. The molecule has 0 aliphatic carbocycles. The summed E-state index contributed by atoms with van der Waals surface area (Å²) in [4.78, 5) is 22.3. The SMILES string of the molecule is CCCCCCCC/C=C\CCCCCCCC(=O)C[C@@H](O)[C@H](N)C(=O)O.[H-].[Na+]. The smallest absolute Gasteiger partial charge is 1.00 e. The first-order chi connectivity index (χ1) is 13.0. The number of ketones is 1. The summed E-state index contributed by atoms with van der Waals surface area (Å²) in [6, 6.07) is -1.39. The van der Waals surface area contributed by atoms with Crippen molar-refractivity contribution in [1.29, 1.82) is 0 Å². The van der Waals surface area contributed by atoms with Gasteiger partial charge in [-0.15, -0.1) is 0 Å². The van der Waals surface area contributed by atoms with Gasteiger partial charge in [0.2, 0.25) is 0 Å². The Morgan fingerprint density at radius 1 is 0.893 bits per heavy atom. The molecule has 2 atom stereocenters. The molecule has 5 nitrogen and oxygen atoms in total. The Hall–Kier alpha value is -0.200. The minimum atomic E-state index is -1.39. The van der Waals surface area contributed by atoms with Crippen LogP contribution < -0.4 is 35.3 Å². The van der Waals surface area contributed by atoms with Crippen LogP contribution in [0.5, 0.6) is 0 Å². The van der Waals surface area contributed by atoms with Gasteiger partial charge in [0, 0.05) is 12.8 Å². The number of rotatable bonds is 19.